The lowest BCUT2D eigenvalue weighted by atomic mass is 9.70. The molecule has 1 atom stereocenters. The first-order valence-electron chi connectivity index (χ1n) is 30.2. The van der Waals surface area contributed by atoms with E-state index in [0.717, 1.165) is 90.7 Å². The van der Waals surface area contributed by atoms with E-state index >= 15 is 9.59 Å². The maximum Gasteiger partial charge on any atom is 0.312 e. The second-order valence-electron chi connectivity index (χ2n) is 30.1. The van der Waals surface area contributed by atoms with Crippen LogP contribution in [0.1, 0.15) is 243 Å². The van der Waals surface area contributed by atoms with Crippen LogP contribution in [-0.4, -0.2) is 45.6 Å². The predicted molar refractivity (Wildman–Crippen MR) is 343 cm³/mol. The van der Waals surface area contributed by atoms with Gasteiger partial charge in [0.05, 0.1) is 19.4 Å². The maximum absolute atomic E-state index is 15.5. The highest BCUT2D eigenvalue weighted by atomic mass is 16.5. The molecule has 0 amide bonds. The minimum absolute atomic E-state index is 0.0714. The maximum atomic E-state index is 15.5. The summed E-state index contributed by atoms with van der Waals surface area (Å²) in [6.07, 6.45) is 1.56. The van der Waals surface area contributed by atoms with Gasteiger partial charge in [0.1, 0.15) is 41.1 Å². The molecule has 84 heavy (non-hydrogen) atoms. The van der Waals surface area contributed by atoms with Gasteiger partial charge in [-0.05, 0) is 136 Å². The second-order valence-corrected chi connectivity index (χ2v) is 30.1. The number of phenolic OH excluding ortho intramolecular Hbond substituents is 3. The van der Waals surface area contributed by atoms with Gasteiger partial charge in [-0.3, -0.25) is 9.59 Å². The fourth-order valence-electron chi connectivity index (χ4n) is 11.5. The van der Waals surface area contributed by atoms with Crippen molar-refractivity contribution < 1.29 is 44.2 Å². The van der Waals surface area contributed by atoms with Gasteiger partial charge < -0.3 is 34.6 Å². The molecule has 1 unspecified atom stereocenters. The first kappa shape index (κ1) is 66.6. The van der Waals surface area contributed by atoms with Crippen molar-refractivity contribution in [3.8, 4) is 34.5 Å². The molecule has 0 aliphatic carbocycles. The third-order valence-electron chi connectivity index (χ3n) is 16.8. The molecule has 0 aromatic heterocycles. The third kappa shape index (κ3) is 14.9. The van der Waals surface area contributed by atoms with Crippen molar-refractivity contribution in [1.82, 2.24) is 0 Å². The number of carbonyl (C=O) groups excluding carboxylic acids is 2. The summed E-state index contributed by atoms with van der Waals surface area (Å²) in [5.74, 6) is 1.19. The highest BCUT2D eigenvalue weighted by Crippen LogP contribution is 2.48. The largest absolute Gasteiger partial charge is 0.508 e. The van der Waals surface area contributed by atoms with Crippen molar-refractivity contribution >= 4 is 11.9 Å². The van der Waals surface area contributed by atoms with Gasteiger partial charge in [-0.15, -0.1) is 0 Å². The summed E-state index contributed by atoms with van der Waals surface area (Å²) in [6, 6.07) is 31.3. The number of hydrogen-bond acceptors (Lipinski definition) is 9. The van der Waals surface area contributed by atoms with E-state index in [-0.39, 0.29) is 55.1 Å². The number of carbonyl (C=O) groups is 2. The van der Waals surface area contributed by atoms with E-state index in [1.165, 1.54) is 0 Å². The summed E-state index contributed by atoms with van der Waals surface area (Å²) >= 11 is 0. The minimum atomic E-state index is -0.991. The molecule has 0 spiro atoms. The van der Waals surface area contributed by atoms with Crippen molar-refractivity contribution in [2.45, 2.75) is 228 Å². The van der Waals surface area contributed by atoms with Gasteiger partial charge in [0.2, 0.25) is 0 Å². The van der Waals surface area contributed by atoms with Crippen LogP contribution in [-0.2, 0) is 72.2 Å². The Labute approximate surface area is 504 Å². The van der Waals surface area contributed by atoms with Crippen LogP contribution in [0.5, 0.6) is 34.5 Å². The molecule has 6 aromatic carbocycles. The molecule has 0 saturated carbocycles. The fraction of sp³-hybridized carbons (Fsp3) is 0.493. The van der Waals surface area contributed by atoms with Crippen LogP contribution in [0, 0.1) is 0 Å². The normalized spacial score (nSPS) is 13.6. The lowest BCUT2D eigenvalue weighted by Gasteiger charge is -2.34. The molecule has 0 aliphatic rings. The van der Waals surface area contributed by atoms with Gasteiger partial charge in [0, 0.05) is 28.4 Å². The van der Waals surface area contributed by atoms with Gasteiger partial charge >= 0.3 is 11.9 Å². The summed E-state index contributed by atoms with van der Waals surface area (Å²) < 4.78 is 20.0. The summed E-state index contributed by atoms with van der Waals surface area (Å²) in [5.41, 5.74) is 7.38. The van der Waals surface area contributed by atoms with Crippen LogP contribution in [0.2, 0.25) is 0 Å². The first-order valence-corrected chi connectivity index (χ1v) is 30.2. The molecule has 0 radical (unpaired) electrons. The molecule has 0 heterocycles. The molecule has 6 rings (SSSR count). The zero-order valence-corrected chi connectivity index (χ0v) is 55.0. The van der Waals surface area contributed by atoms with Crippen LogP contribution < -0.4 is 14.2 Å². The van der Waals surface area contributed by atoms with Gasteiger partial charge in [-0.2, -0.15) is 0 Å². The predicted octanol–water partition coefficient (Wildman–Crippen LogP) is 17.3. The Bertz CT molecular complexity index is 3310. The van der Waals surface area contributed by atoms with E-state index in [0.29, 0.717) is 17.2 Å². The van der Waals surface area contributed by atoms with E-state index in [1.54, 1.807) is 18.2 Å². The SMILES string of the molecule is CCc1cc(Cc2cc(CC)cc(C(C)(C)C)c2OC(=O)CC(C)(c2ccc(O)c(C(C)(C)C)c2)c2ccc(OCCO)c(C(C)(C)C)c2)c(OC(=O)CC(C)(c2ccc(O)c(C(C)(C)C)c2)c2ccc(O)c(C(C)(C)C)c2)c(C(C)(C)C)c1. The van der Waals surface area contributed by atoms with Gasteiger partial charge in [0.25, 0.3) is 0 Å². The Morgan fingerprint density at radius 2 is 0.690 bits per heavy atom. The van der Waals surface area contributed by atoms with Crippen molar-refractivity contribution in [3.05, 3.63) is 175 Å². The number of aliphatic hydroxyl groups is 1. The molecule has 454 valence electrons. The number of benzene rings is 6. The number of hydrogen-bond donors (Lipinski definition) is 4. The number of rotatable bonds is 17. The van der Waals surface area contributed by atoms with E-state index < -0.39 is 49.8 Å². The molecular formula is C75H100O9. The quantitative estimate of drug-likeness (QED) is 0.0518. The van der Waals surface area contributed by atoms with E-state index in [2.05, 4.69) is 176 Å². The molecule has 4 N–H and O–H groups in total. The highest BCUT2D eigenvalue weighted by Gasteiger charge is 2.40. The van der Waals surface area contributed by atoms with Crippen LogP contribution in [0.3, 0.4) is 0 Å². The molecule has 6 aromatic rings. The number of aryl methyl sites for hydroxylation is 2. The number of phenols is 3. The van der Waals surface area contributed by atoms with Gasteiger partial charge in [0.15, 0.2) is 0 Å². The molecular weight excluding hydrogens is 1040 g/mol. The molecule has 0 saturated heterocycles. The zero-order valence-electron chi connectivity index (χ0n) is 55.0. The van der Waals surface area contributed by atoms with Crippen LogP contribution >= 0.6 is 0 Å². The average Bonchev–Trinajstić information content (AvgIpc) is 1.02. The summed E-state index contributed by atoms with van der Waals surface area (Å²) in [5, 5.41) is 43.5. The van der Waals surface area contributed by atoms with Crippen molar-refractivity contribution in [2.24, 2.45) is 0 Å². The number of ether oxygens (including phenoxy) is 3. The van der Waals surface area contributed by atoms with E-state index in [4.69, 9.17) is 14.2 Å². The number of aliphatic hydroxyl groups excluding tert-OH is 1. The lowest BCUT2D eigenvalue weighted by Crippen LogP contribution is -2.31. The zero-order chi connectivity index (χ0) is 63.1. The fourth-order valence-corrected chi connectivity index (χ4v) is 11.5. The molecule has 0 aliphatic heterocycles. The Morgan fingerprint density at radius 1 is 0.393 bits per heavy atom. The standard InChI is InChI=1S/C75H100O9/c1-23-46-35-48(66(58(37-46)72(15,16)17)83-64(80)44-74(21,50-25-29-60(77)54(40-50)68(3,4)5)51-26-30-61(78)55(41-51)69(6,7)8)39-49-36-47(24-2)38-59(73(18,19)20)67(49)84-65(81)45-75(22,52-27-31-62(79)56(42-52)70(9,10)11)53-28-32-63(82-34-33-76)57(43-53)71(12,13)14/h25-32,35-38,40-43,76-79H,23-24,33-34,39,44-45H2,1-22H3. The van der Waals surface area contributed by atoms with Crippen molar-refractivity contribution in [3.63, 3.8) is 0 Å². The van der Waals surface area contributed by atoms with Crippen molar-refractivity contribution in [2.75, 3.05) is 13.2 Å². The smallest absolute Gasteiger partial charge is 0.312 e. The molecule has 9 nitrogen and oxygen atoms in total. The van der Waals surface area contributed by atoms with E-state index in [1.807, 2.05) is 55.5 Å². The Balaban J connectivity index is 1.55. The van der Waals surface area contributed by atoms with Crippen LogP contribution in [0.4, 0.5) is 0 Å². The Morgan fingerprint density at radius 3 is 0.976 bits per heavy atom. The second kappa shape index (κ2) is 24.4. The summed E-state index contributed by atoms with van der Waals surface area (Å²) in [6.45, 7) is 45.9. The molecule has 9 heteroatoms. The van der Waals surface area contributed by atoms with Gasteiger partial charge in [-0.1, -0.05) is 225 Å². The highest BCUT2D eigenvalue weighted by molar-refractivity contribution is 5.78. The van der Waals surface area contributed by atoms with Gasteiger partial charge in [-0.25, -0.2) is 0 Å². The minimum Gasteiger partial charge on any atom is -0.508 e. The summed E-state index contributed by atoms with van der Waals surface area (Å²) in [4.78, 5) is 30.9. The molecule has 0 bridgehead atoms. The Kier molecular flexibility index (Phi) is 19.3. The van der Waals surface area contributed by atoms with E-state index in [9.17, 15) is 20.4 Å². The topological polar surface area (TPSA) is 143 Å². The lowest BCUT2D eigenvalue weighted by molar-refractivity contribution is -0.136. The monoisotopic (exact) mass is 1140 g/mol. The number of esters is 2. The third-order valence-corrected chi connectivity index (χ3v) is 16.8. The molecule has 0 fully saturated rings. The van der Waals surface area contributed by atoms with Crippen LogP contribution in [0.15, 0.2) is 97.1 Å². The number of aromatic hydroxyl groups is 3. The Hall–Kier alpha value is -6.58. The van der Waals surface area contributed by atoms with Crippen LogP contribution in [0.25, 0.3) is 0 Å². The average molecular weight is 1150 g/mol. The first-order chi connectivity index (χ1) is 38.6. The summed E-state index contributed by atoms with van der Waals surface area (Å²) in [7, 11) is 0. The van der Waals surface area contributed by atoms with Crippen molar-refractivity contribution in [1.29, 1.82) is 0 Å².